The fourth-order valence-electron chi connectivity index (χ4n) is 3.56. The summed E-state index contributed by atoms with van der Waals surface area (Å²) in [6.45, 7) is 0.291. The van der Waals surface area contributed by atoms with Gasteiger partial charge in [0.05, 0.1) is 28.4 Å². The number of methoxy groups -OCH3 is 4. The number of ether oxygens (including phenoxy) is 4. The Hall–Kier alpha value is -3.81. The highest BCUT2D eigenvalue weighted by Crippen LogP contribution is 2.39. The summed E-state index contributed by atoms with van der Waals surface area (Å²) in [4.78, 5) is 26.8. The van der Waals surface area contributed by atoms with E-state index >= 15 is 0 Å². The number of carbonyl (C=O) groups excluding carboxylic acids is 2. The molecule has 2 aromatic rings. The van der Waals surface area contributed by atoms with E-state index in [2.05, 4.69) is 0 Å². The first kappa shape index (κ1) is 23.8. The van der Waals surface area contributed by atoms with Gasteiger partial charge < -0.3 is 18.9 Å². The van der Waals surface area contributed by atoms with Gasteiger partial charge in [-0.25, -0.2) is 4.39 Å². The molecule has 1 saturated heterocycles. The van der Waals surface area contributed by atoms with Gasteiger partial charge in [0.15, 0.2) is 11.5 Å². The topological polar surface area (TPSA) is 74.3 Å². The summed E-state index contributed by atoms with van der Waals surface area (Å²) in [5.41, 5.74) is 1.38. The number of hydrogen-bond acceptors (Lipinski definition) is 6. The maximum Gasteiger partial charge on any atom is 0.256 e. The minimum atomic E-state index is -0.522. The number of halogens is 1. The van der Waals surface area contributed by atoms with Crippen LogP contribution in [-0.2, 0) is 9.59 Å². The molecule has 1 aliphatic rings. The van der Waals surface area contributed by atoms with Crippen LogP contribution in [0.3, 0.4) is 0 Å². The number of piperidine rings is 1. The minimum Gasteiger partial charge on any atom is -0.497 e. The number of carbonyl (C=O) groups is 2. The molecule has 2 aromatic carbocycles. The van der Waals surface area contributed by atoms with Gasteiger partial charge in [0, 0.05) is 29.8 Å². The molecule has 0 aliphatic carbocycles. The molecule has 0 aromatic heterocycles. The highest BCUT2D eigenvalue weighted by Gasteiger charge is 2.27. The number of rotatable bonds is 7. The lowest BCUT2D eigenvalue weighted by Gasteiger charge is -2.26. The lowest BCUT2D eigenvalue weighted by molar-refractivity contribution is -0.140. The van der Waals surface area contributed by atoms with E-state index in [1.807, 2.05) is 0 Å². The van der Waals surface area contributed by atoms with Crippen molar-refractivity contribution in [2.75, 3.05) is 35.0 Å². The first-order valence-corrected chi connectivity index (χ1v) is 10.3. The Labute approximate surface area is 192 Å². The summed E-state index contributed by atoms with van der Waals surface area (Å²) in [7, 11) is 5.98. The molecular formula is C25H26FNO6. The molecule has 0 unspecified atom stereocenters. The number of amides is 2. The highest BCUT2D eigenvalue weighted by molar-refractivity contribution is 6.11. The van der Waals surface area contributed by atoms with Crippen molar-refractivity contribution in [2.24, 2.45) is 0 Å². The van der Waals surface area contributed by atoms with Crippen molar-refractivity contribution >= 4 is 24.0 Å². The third-order valence-corrected chi connectivity index (χ3v) is 5.25. The summed E-state index contributed by atoms with van der Waals surface area (Å²) in [6, 6.07) is 7.79. The molecule has 0 radical (unpaired) electrons. The van der Waals surface area contributed by atoms with Crippen molar-refractivity contribution < 1.29 is 32.9 Å². The predicted octanol–water partition coefficient (Wildman–Crippen LogP) is 4.11. The molecule has 2 amide bonds. The molecule has 0 atom stereocenters. The van der Waals surface area contributed by atoms with Crippen LogP contribution in [0.2, 0.25) is 0 Å². The highest BCUT2D eigenvalue weighted by atomic mass is 19.1. The van der Waals surface area contributed by atoms with Crippen LogP contribution >= 0.6 is 0 Å². The van der Waals surface area contributed by atoms with Gasteiger partial charge in [0.25, 0.3) is 11.8 Å². The summed E-state index contributed by atoms with van der Waals surface area (Å²) < 4.78 is 35.2. The van der Waals surface area contributed by atoms with Crippen molar-refractivity contribution in [3.8, 4) is 23.0 Å². The minimum absolute atomic E-state index is 0.224. The summed E-state index contributed by atoms with van der Waals surface area (Å²) in [5.74, 6) is 0.333. The first-order chi connectivity index (χ1) is 15.9. The maximum atomic E-state index is 14.1. The lowest BCUT2D eigenvalue weighted by atomic mass is 10.00. The molecule has 0 bridgehead atoms. The van der Waals surface area contributed by atoms with Gasteiger partial charge in [-0.2, -0.15) is 0 Å². The fraction of sp³-hybridized carbons (Fsp3) is 0.280. The Bertz CT molecular complexity index is 1080. The van der Waals surface area contributed by atoms with Gasteiger partial charge in [-0.1, -0.05) is 0 Å². The van der Waals surface area contributed by atoms with E-state index in [4.69, 9.17) is 18.9 Å². The molecule has 0 saturated carbocycles. The van der Waals surface area contributed by atoms with Crippen molar-refractivity contribution in [3.05, 3.63) is 58.9 Å². The second-order valence-corrected chi connectivity index (χ2v) is 7.25. The Morgan fingerprint density at radius 1 is 1.00 bits per heavy atom. The SMILES string of the molecule is COc1ccc(/C=C/C(=O)N2CCC/C(=C\c3cc(OC)c(OC)c(OC)c3)C2=O)c(F)c1. The molecule has 0 N–H and O–H groups in total. The van der Waals surface area contributed by atoms with Gasteiger partial charge in [-0.15, -0.1) is 0 Å². The number of likely N-dealkylation sites (tertiary alicyclic amines) is 1. The van der Waals surface area contributed by atoms with E-state index in [1.54, 1.807) is 24.3 Å². The average molecular weight is 455 g/mol. The first-order valence-electron chi connectivity index (χ1n) is 10.3. The van der Waals surface area contributed by atoms with Gasteiger partial charge in [-0.3, -0.25) is 14.5 Å². The van der Waals surface area contributed by atoms with Gasteiger partial charge in [-0.05, 0) is 54.8 Å². The monoisotopic (exact) mass is 455 g/mol. The second-order valence-electron chi connectivity index (χ2n) is 7.25. The van der Waals surface area contributed by atoms with E-state index in [-0.39, 0.29) is 11.5 Å². The quantitative estimate of drug-likeness (QED) is 0.585. The van der Waals surface area contributed by atoms with E-state index in [0.717, 1.165) is 4.90 Å². The Kier molecular flexibility index (Phi) is 7.71. The Morgan fingerprint density at radius 3 is 2.27 bits per heavy atom. The van der Waals surface area contributed by atoms with Crippen molar-refractivity contribution in [1.29, 1.82) is 0 Å². The van der Waals surface area contributed by atoms with Crippen LogP contribution in [0.15, 0.2) is 42.0 Å². The van der Waals surface area contributed by atoms with Crippen LogP contribution in [0.1, 0.15) is 24.0 Å². The molecule has 174 valence electrons. The fourth-order valence-corrected chi connectivity index (χ4v) is 3.56. The van der Waals surface area contributed by atoms with Crippen LogP contribution in [0.5, 0.6) is 23.0 Å². The molecule has 1 heterocycles. The summed E-state index contributed by atoms with van der Waals surface area (Å²) in [6.07, 6.45) is 5.40. The third-order valence-electron chi connectivity index (χ3n) is 5.25. The normalized spacial score (nSPS) is 15.1. The molecule has 1 fully saturated rings. The van der Waals surface area contributed by atoms with E-state index in [9.17, 15) is 14.0 Å². The smallest absolute Gasteiger partial charge is 0.256 e. The second kappa shape index (κ2) is 10.7. The standard InChI is InChI=1S/C25H26FNO6/c1-30-19-9-7-17(20(26)15-19)8-10-23(28)27-11-5-6-18(25(27)29)12-16-13-21(31-2)24(33-4)22(14-16)32-3/h7-10,12-15H,5-6,11H2,1-4H3/b10-8+,18-12+. The number of imide groups is 1. The van der Waals surface area contributed by atoms with Crippen LogP contribution in [0.25, 0.3) is 12.2 Å². The van der Waals surface area contributed by atoms with E-state index in [1.165, 1.54) is 52.7 Å². The van der Waals surface area contributed by atoms with Crippen LogP contribution < -0.4 is 18.9 Å². The van der Waals surface area contributed by atoms with Crippen molar-refractivity contribution in [1.82, 2.24) is 4.90 Å². The van der Waals surface area contributed by atoms with Crippen molar-refractivity contribution in [2.45, 2.75) is 12.8 Å². The molecule has 0 spiro atoms. The molecule has 33 heavy (non-hydrogen) atoms. The van der Waals surface area contributed by atoms with Gasteiger partial charge >= 0.3 is 0 Å². The lowest BCUT2D eigenvalue weighted by Crippen LogP contribution is -2.40. The molecule has 7 nitrogen and oxygen atoms in total. The predicted molar refractivity (Wildman–Crippen MR) is 122 cm³/mol. The zero-order valence-corrected chi connectivity index (χ0v) is 19.0. The van der Waals surface area contributed by atoms with E-state index in [0.29, 0.717) is 53.5 Å². The molecule has 8 heteroatoms. The van der Waals surface area contributed by atoms with Crippen molar-refractivity contribution in [3.63, 3.8) is 0 Å². The zero-order chi connectivity index (χ0) is 24.0. The molecule has 3 rings (SSSR count). The Morgan fingerprint density at radius 2 is 1.70 bits per heavy atom. The zero-order valence-electron chi connectivity index (χ0n) is 19.0. The van der Waals surface area contributed by atoms with Gasteiger partial charge in [0.2, 0.25) is 5.75 Å². The average Bonchev–Trinajstić information content (AvgIpc) is 2.83. The maximum absolute atomic E-state index is 14.1. The van der Waals surface area contributed by atoms with Gasteiger partial charge in [0.1, 0.15) is 11.6 Å². The summed E-state index contributed by atoms with van der Waals surface area (Å²) >= 11 is 0. The van der Waals surface area contributed by atoms with Crippen LogP contribution in [0.4, 0.5) is 4.39 Å². The van der Waals surface area contributed by atoms with Crippen LogP contribution in [0, 0.1) is 5.82 Å². The number of benzene rings is 2. The number of hydrogen-bond donors (Lipinski definition) is 0. The molecule has 1 aliphatic heterocycles. The summed E-state index contributed by atoms with van der Waals surface area (Å²) in [5, 5.41) is 0. The number of nitrogens with zero attached hydrogens (tertiary/aromatic N) is 1. The van der Waals surface area contributed by atoms with E-state index < -0.39 is 11.7 Å². The largest absolute Gasteiger partial charge is 0.497 e. The third kappa shape index (κ3) is 5.34. The van der Waals surface area contributed by atoms with Crippen LogP contribution in [-0.4, -0.2) is 51.7 Å². The molecular weight excluding hydrogens is 429 g/mol. The Balaban J connectivity index is 1.82.